The van der Waals surface area contributed by atoms with Crippen molar-refractivity contribution in [3.63, 3.8) is 0 Å². The lowest BCUT2D eigenvalue weighted by Gasteiger charge is -2.05. The van der Waals surface area contributed by atoms with E-state index in [1.54, 1.807) is 0 Å². The molecule has 1 N–H and O–H groups in total. The third-order valence-corrected chi connectivity index (χ3v) is 2.18. The fourth-order valence-corrected chi connectivity index (χ4v) is 1.69. The summed E-state index contributed by atoms with van der Waals surface area (Å²) in [7, 11) is 0. The fraction of sp³-hybridized carbons (Fsp3) is 0.333. The molecule has 1 aromatic rings. The zero-order chi connectivity index (χ0) is 8.43. The van der Waals surface area contributed by atoms with Crippen LogP contribution in [0.3, 0.4) is 0 Å². The predicted molar refractivity (Wildman–Crippen MR) is 49.9 cm³/mol. The van der Waals surface area contributed by atoms with E-state index in [1.807, 2.05) is 26.0 Å². The first-order valence-corrected chi connectivity index (χ1v) is 4.42. The van der Waals surface area contributed by atoms with Crippen LogP contribution in [-0.4, -0.2) is 5.11 Å². The van der Waals surface area contributed by atoms with Gasteiger partial charge in [-0.05, 0) is 36.6 Å². The lowest BCUT2D eigenvalue weighted by Crippen LogP contribution is -1.84. The van der Waals surface area contributed by atoms with Crippen LogP contribution in [0.2, 0.25) is 0 Å². The molecule has 0 saturated heterocycles. The number of hydrogen-bond acceptors (Lipinski definition) is 1. The Balaban J connectivity index is 3.24. The van der Waals surface area contributed by atoms with Crippen molar-refractivity contribution < 1.29 is 5.11 Å². The first-order valence-electron chi connectivity index (χ1n) is 3.63. The Morgan fingerprint density at radius 3 is 2.64 bits per heavy atom. The quantitative estimate of drug-likeness (QED) is 0.763. The van der Waals surface area contributed by atoms with Gasteiger partial charge in [-0.3, -0.25) is 0 Å². The maximum absolute atomic E-state index is 9.50. The molecule has 60 valence electrons. The van der Waals surface area contributed by atoms with Crippen molar-refractivity contribution in [2.45, 2.75) is 20.3 Å². The van der Waals surface area contributed by atoms with Gasteiger partial charge in [-0.25, -0.2) is 0 Å². The number of hydrogen-bond donors (Lipinski definition) is 1. The maximum Gasteiger partial charge on any atom is 0.121 e. The summed E-state index contributed by atoms with van der Waals surface area (Å²) in [6.07, 6.45) is 0.867. The molecular formula is C9H11BrO. The zero-order valence-electron chi connectivity index (χ0n) is 6.69. The number of benzene rings is 1. The largest absolute Gasteiger partial charge is 0.507 e. The number of aromatic hydroxyl groups is 1. The second-order valence-electron chi connectivity index (χ2n) is 2.58. The molecule has 11 heavy (non-hydrogen) atoms. The van der Waals surface area contributed by atoms with Crippen LogP contribution in [0.1, 0.15) is 18.1 Å². The third kappa shape index (κ3) is 1.74. The number of rotatable bonds is 1. The summed E-state index contributed by atoms with van der Waals surface area (Å²) in [6, 6.07) is 3.86. The standard InChI is InChI=1S/C9H11BrO/c1-3-7-5-8(10)4-6(2)9(7)11/h4-5,11H,3H2,1-2H3. The molecule has 1 rings (SSSR count). The van der Waals surface area contributed by atoms with Gasteiger partial charge in [0.2, 0.25) is 0 Å². The molecule has 0 fully saturated rings. The monoisotopic (exact) mass is 214 g/mol. The topological polar surface area (TPSA) is 20.2 Å². The van der Waals surface area contributed by atoms with Crippen LogP contribution in [0.4, 0.5) is 0 Å². The van der Waals surface area contributed by atoms with Crippen molar-refractivity contribution >= 4 is 15.9 Å². The molecule has 0 amide bonds. The van der Waals surface area contributed by atoms with Gasteiger partial charge in [0.25, 0.3) is 0 Å². The summed E-state index contributed by atoms with van der Waals surface area (Å²) < 4.78 is 1.03. The van der Waals surface area contributed by atoms with E-state index < -0.39 is 0 Å². The molecule has 0 bridgehead atoms. The van der Waals surface area contributed by atoms with Gasteiger partial charge in [-0.2, -0.15) is 0 Å². The van der Waals surface area contributed by atoms with Crippen LogP contribution in [0, 0.1) is 6.92 Å². The molecule has 0 saturated carbocycles. The van der Waals surface area contributed by atoms with Gasteiger partial charge < -0.3 is 5.11 Å². The summed E-state index contributed by atoms with van der Waals surface area (Å²) in [6.45, 7) is 3.93. The van der Waals surface area contributed by atoms with Crippen LogP contribution >= 0.6 is 15.9 Å². The number of aryl methyl sites for hydroxylation is 2. The molecule has 2 heteroatoms. The molecule has 0 aromatic heterocycles. The van der Waals surface area contributed by atoms with Crippen LogP contribution in [0.15, 0.2) is 16.6 Å². The highest BCUT2D eigenvalue weighted by Gasteiger charge is 2.02. The minimum absolute atomic E-state index is 0.427. The van der Waals surface area contributed by atoms with E-state index in [2.05, 4.69) is 15.9 Å². The highest BCUT2D eigenvalue weighted by Crippen LogP contribution is 2.26. The van der Waals surface area contributed by atoms with Gasteiger partial charge in [0.05, 0.1) is 0 Å². The van der Waals surface area contributed by atoms with Gasteiger partial charge >= 0.3 is 0 Å². The molecule has 0 aliphatic rings. The van der Waals surface area contributed by atoms with Crippen molar-refractivity contribution in [1.82, 2.24) is 0 Å². The van der Waals surface area contributed by atoms with Gasteiger partial charge in [0.15, 0.2) is 0 Å². The van der Waals surface area contributed by atoms with E-state index in [-0.39, 0.29) is 0 Å². The van der Waals surface area contributed by atoms with Crippen molar-refractivity contribution in [1.29, 1.82) is 0 Å². The number of halogens is 1. The molecule has 0 spiro atoms. The first-order chi connectivity index (χ1) is 5.15. The number of phenols is 1. The first kappa shape index (κ1) is 8.60. The molecule has 0 radical (unpaired) electrons. The summed E-state index contributed by atoms with van der Waals surface area (Å²) in [5, 5.41) is 9.50. The molecule has 0 unspecified atom stereocenters. The smallest absolute Gasteiger partial charge is 0.121 e. The van der Waals surface area contributed by atoms with Crippen LogP contribution < -0.4 is 0 Å². The summed E-state index contributed by atoms with van der Waals surface area (Å²) >= 11 is 3.38. The van der Waals surface area contributed by atoms with Crippen LogP contribution in [-0.2, 0) is 6.42 Å². The Kier molecular flexibility index (Phi) is 2.55. The molecule has 0 aliphatic heterocycles. The van der Waals surface area contributed by atoms with E-state index in [0.29, 0.717) is 5.75 Å². The summed E-state index contributed by atoms with van der Waals surface area (Å²) in [5.74, 6) is 0.427. The van der Waals surface area contributed by atoms with Crippen molar-refractivity contribution in [2.75, 3.05) is 0 Å². The Labute approximate surface area is 75.2 Å². The van der Waals surface area contributed by atoms with Gasteiger partial charge in [-0.1, -0.05) is 22.9 Å². The van der Waals surface area contributed by atoms with Gasteiger partial charge in [-0.15, -0.1) is 0 Å². The SMILES string of the molecule is CCc1cc(Br)cc(C)c1O. The lowest BCUT2D eigenvalue weighted by molar-refractivity contribution is 0.464. The Hall–Kier alpha value is -0.500. The molecule has 0 aliphatic carbocycles. The molecule has 1 aromatic carbocycles. The molecule has 0 heterocycles. The van der Waals surface area contributed by atoms with E-state index in [9.17, 15) is 5.11 Å². The van der Waals surface area contributed by atoms with Gasteiger partial charge in [0.1, 0.15) is 5.75 Å². The van der Waals surface area contributed by atoms with E-state index in [1.165, 1.54) is 0 Å². The maximum atomic E-state index is 9.50. The average molecular weight is 215 g/mol. The molecule has 0 atom stereocenters. The molecular weight excluding hydrogens is 204 g/mol. The third-order valence-electron chi connectivity index (χ3n) is 1.73. The van der Waals surface area contributed by atoms with E-state index >= 15 is 0 Å². The molecule has 1 nitrogen and oxygen atoms in total. The zero-order valence-corrected chi connectivity index (χ0v) is 8.27. The highest BCUT2D eigenvalue weighted by molar-refractivity contribution is 9.10. The minimum atomic E-state index is 0.427. The van der Waals surface area contributed by atoms with E-state index in [0.717, 1.165) is 22.0 Å². The Morgan fingerprint density at radius 1 is 1.45 bits per heavy atom. The van der Waals surface area contributed by atoms with Crippen LogP contribution in [0.5, 0.6) is 5.75 Å². The minimum Gasteiger partial charge on any atom is -0.507 e. The summed E-state index contributed by atoms with van der Waals surface area (Å²) in [5.41, 5.74) is 1.92. The second kappa shape index (κ2) is 3.26. The predicted octanol–water partition coefficient (Wildman–Crippen LogP) is 3.03. The van der Waals surface area contributed by atoms with E-state index in [4.69, 9.17) is 0 Å². The van der Waals surface area contributed by atoms with Crippen LogP contribution in [0.25, 0.3) is 0 Å². The second-order valence-corrected chi connectivity index (χ2v) is 3.50. The van der Waals surface area contributed by atoms with Crippen molar-refractivity contribution in [3.8, 4) is 5.75 Å². The normalized spacial score (nSPS) is 10.1. The fourth-order valence-electron chi connectivity index (χ4n) is 1.07. The lowest BCUT2D eigenvalue weighted by atomic mass is 10.1. The number of phenolic OH excluding ortho intramolecular Hbond substituents is 1. The average Bonchev–Trinajstić information content (AvgIpc) is 1.96. The Morgan fingerprint density at radius 2 is 2.09 bits per heavy atom. The van der Waals surface area contributed by atoms with Crippen molar-refractivity contribution in [2.24, 2.45) is 0 Å². The van der Waals surface area contributed by atoms with Gasteiger partial charge in [0, 0.05) is 4.47 Å². The van der Waals surface area contributed by atoms with Crippen molar-refractivity contribution in [3.05, 3.63) is 27.7 Å². The highest BCUT2D eigenvalue weighted by atomic mass is 79.9. The Bertz CT molecular complexity index is 269. The summed E-state index contributed by atoms with van der Waals surface area (Å²) in [4.78, 5) is 0.